The van der Waals surface area contributed by atoms with Gasteiger partial charge in [-0.05, 0) is 42.3 Å². The van der Waals surface area contributed by atoms with E-state index >= 15 is 0 Å². The first-order valence-electron chi connectivity index (χ1n) is 6.30. The molecule has 0 aromatic heterocycles. The molecule has 0 saturated heterocycles. The zero-order valence-electron chi connectivity index (χ0n) is 11.9. The van der Waals surface area contributed by atoms with Crippen molar-refractivity contribution in [3.05, 3.63) is 56.5 Å². The first-order chi connectivity index (χ1) is 9.99. The summed E-state index contributed by atoms with van der Waals surface area (Å²) in [4.78, 5) is 0. The van der Waals surface area contributed by atoms with Crippen molar-refractivity contribution in [3.8, 4) is 11.5 Å². The number of halogens is 3. The minimum atomic E-state index is -0.351. The number of ether oxygens (including phenoxy) is 2. The number of aryl methyl sites for hydroxylation is 1. The summed E-state index contributed by atoms with van der Waals surface area (Å²) in [5.41, 5.74) is 2.92. The molecule has 2 nitrogen and oxygen atoms in total. The van der Waals surface area contributed by atoms with Crippen molar-refractivity contribution in [2.45, 2.75) is 12.3 Å². The van der Waals surface area contributed by atoms with Crippen LogP contribution in [0.4, 0.5) is 0 Å². The lowest BCUT2D eigenvalue weighted by molar-refractivity contribution is 0.392. The van der Waals surface area contributed by atoms with Crippen molar-refractivity contribution < 1.29 is 9.47 Å². The zero-order valence-corrected chi connectivity index (χ0v) is 15.0. The topological polar surface area (TPSA) is 18.5 Å². The van der Waals surface area contributed by atoms with Gasteiger partial charge in [0, 0.05) is 10.0 Å². The number of benzene rings is 2. The predicted molar refractivity (Wildman–Crippen MR) is 91.1 cm³/mol. The van der Waals surface area contributed by atoms with Gasteiger partial charge in [-0.15, -0.1) is 11.6 Å². The van der Waals surface area contributed by atoms with E-state index in [1.54, 1.807) is 20.3 Å². The van der Waals surface area contributed by atoms with Crippen molar-refractivity contribution in [2.24, 2.45) is 0 Å². The van der Waals surface area contributed by atoms with Crippen LogP contribution in [0.15, 0.2) is 34.8 Å². The second kappa shape index (κ2) is 6.91. The largest absolute Gasteiger partial charge is 0.495 e. The molecule has 1 atom stereocenters. The highest BCUT2D eigenvalue weighted by atomic mass is 79.9. The Balaban J connectivity index is 2.52. The monoisotopic (exact) mass is 388 g/mol. The fourth-order valence-corrected chi connectivity index (χ4v) is 3.43. The molecule has 0 fully saturated rings. The summed E-state index contributed by atoms with van der Waals surface area (Å²) in [5.74, 6) is 1.10. The van der Waals surface area contributed by atoms with Gasteiger partial charge < -0.3 is 9.47 Å². The maximum absolute atomic E-state index is 6.65. The van der Waals surface area contributed by atoms with E-state index in [2.05, 4.69) is 15.9 Å². The summed E-state index contributed by atoms with van der Waals surface area (Å²) in [6.07, 6.45) is 0. The maximum Gasteiger partial charge on any atom is 0.146 e. The second-order valence-electron chi connectivity index (χ2n) is 4.57. The molecule has 0 saturated carbocycles. The smallest absolute Gasteiger partial charge is 0.146 e. The van der Waals surface area contributed by atoms with E-state index in [9.17, 15) is 0 Å². The molecule has 5 heteroatoms. The number of hydrogen-bond acceptors (Lipinski definition) is 2. The molecular formula is C16H15BrCl2O2. The average molecular weight is 390 g/mol. The molecule has 0 heterocycles. The van der Waals surface area contributed by atoms with E-state index in [-0.39, 0.29) is 5.38 Å². The first kappa shape index (κ1) is 16.5. The minimum Gasteiger partial charge on any atom is -0.495 e. The van der Waals surface area contributed by atoms with E-state index < -0.39 is 0 Å². The molecule has 1 unspecified atom stereocenters. The molecular weight excluding hydrogens is 375 g/mol. The fourth-order valence-electron chi connectivity index (χ4n) is 2.21. The Hall–Kier alpha value is -0.900. The molecule has 0 spiro atoms. The SMILES string of the molecule is COc1ccc(C(Cl)c2ccc(Br)cc2C)c(OC)c1Cl. The van der Waals surface area contributed by atoms with Gasteiger partial charge in [0.15, 0.2) is 0 Å². The van der Waals surface area contributed by atoms with Crippen LogP contribution in [0.3, 0.4) is 0 Å². The molecule has 112 valence electrons. The minimum absolute atomic E-state index is 0.351. The Morgan fingerprint density at radius 1 is 1.05 bits per heavy atom. The molecule has 0 N–H and O–H groups in total. The van der Waals surface area contributed by atoms with Gasteiger partial charge in [-0.2, -0.15) is 0 Å². The van der Waals surface area contributed by atoms with Gasteiger partial charge in [0.25, 0.3) is 0 Å². The normalized spacial score (nSPS) is 12.1. The van der Waals surface area contributed by atoms with Crippen LogP contribution in [0.5, 0.6) is 11.5 Å². The Bertz CT molecular complexity index is 659. The highest BCUT2D eigenvalue weighted by Gasteiger charge is 2.21. The molecule has 2 aromatic carbocycles. The predicted octanol–water partition coefficient (Wildman–Crippen LogP) is 5.76. The number of rotatable bonds is 4. The zero-order chi connectivity index (χ0) is 15.6. The van der Waals surface area contributed by atoms with Crippen LogP contribution in [-0.4, -0.2) is 14.2 Å². The van der Waals surface area contributed by atoms with Crippen LogP contribution >= 0.6 is 39.1 Å². The van der Waals surface area contributed by atoms with Crippen molar-refractivity contribution >= 4 is 39.1 Å². The van der Waals surface area contributed by atoms with Gasteiger partial charge in [0.1, 0.15) is 16.5 Å². The lowest BCUT2D eigenvalue weighted by Gasteiger charge is -2.18. The summed E-state index contributed by atoms with van der Waals surface area (Å²) >= 11 is 16.4. The van der Waals surface area contributed by atoms with E-state index in [1.165, 1.54) is 0 Å². The van der Waals surface area contributed by atoms with Crippen molar-refractivity contribution in [1.82, 2.24) is 0 Å². The van der Waals surface area contributed by atoms with Gasteiger partial charge in [-0.3, -0.25) is 0 Å². The second-order valence-corrected chi connectivity index (χ2v) is 6.30. The third-order valence-corrected chi connectivity index (χ3v) is 4.62. The molecule has 0 aliphatic rings. The number of hydrogen-bond donors (Lipinski definition) is 0. The van der Waals surface area contributed by atoms with E-state index in [0.717, 1.165) is 21.2 Å². The van der Waals surface area contributed by atoms with Gasteiger partial charge >= 0.3 is 0 Å². The highest BCUT2D eigenvalue weighted by molar-refractivity contribution is 9.10. The highest BCUT2D eigenvalue weighted by Crippen LogP contribution is 2.44. The van der Waals surface area contributed by atoms with Gasteiger partial charge in [0.2, 0.25) is 0 Å². The molecule has 0 bridgehead atoms. The summed E-state index contributed by atoms with van der Waals surface area (Å²) in [5, 5.41) is 0.0781. The molecule has 0 radical (unpaired) electrons. The molecule has 2 rings (SSSR count). The standard InChI is InChI=1S/C16H15BrCl2O2/c1-9-8-10(17)4-5-11(9)14(18)12-6-7-13(20-2)15(19)16(12)21-3/h4-8,14H,1-3H3. The van der Waals surface area contributed by atoms with E-state index in [4.69, 9.17) is 32.7 Å². The molecule has 0 amide bonds. The van der Waals surface area contributed by atoms with Crippen LogP contribution in [0.2, 0.25) is 5.02 Å². The molecule has 2 aromatic rings. The van der Waals surface area contributed by atoms with Crippen molar-refractivity contribution in [2.75, 3.05) is 14.2 Å². The third kappa shape index (κ3) is 3.31. The van der Waals surface area contributed by atoms with Gasteiger partial charge in [-0.1, -0.05) is 33.6 Å². The van der Waals surface area contributed by atoms with Gasteiger partial charge in [0.05, 0.1) is 19.6 Å². The summed E-state index contributed by atoms with van der Waals surface area (Å²) in [6, 6.07) is 9.67. The van der Waals surface area contributed by atoms with Crippen LogP contribution in [0, 0.1) is 6.92 Å². The summed E-state index contributed by atoms with van der Waals surface area (Å²) in [7, 11) is 3.14. The lowest BCUT2D eigenvalue weighted by atomic mass is 9.99. The molecule has 0 aliphatic heterocycles. The maximum atomic E-state index is 6.65. The Morgan fingerprint density at radius 2 is 1.71 bits per heavy atom. The number of alkyl halides is 1. The van der Waals surface area contributed by atoms with Crippen LogP contribution < -0.4 is 9.47 Å². The fraction of sp³-hybridized carbons (Fsp3) is 0.250. The van der Waals surface area contributed by atoms with Crippen molar-refractivity contribution in [3.63, 3.8) is 0 Å². The molecule has 21 heavy (non-hydrogen) atoms. The Labute approximate surface area is 143 Å². The summed E-state index contributed by atoms with van der Waals surface area (Å²) in [6.45, 7) is 2.02. The Morgan fingerprint density at radius 3 is 2.29 bits per heavy atom. The average Bonchev–Trinajstić information content (AvgIpc) is 2.46. The Kier molecular flexibility index (Phi) is 5.42. The van der Waals surface area contributed by atoms with Crippen molar-refractivity contribution in [1.29, 1.82) is 0 Å². The van der Waals surface area contributed by atoms with Crippen LogP contribution in [0.25, 0.3) is 0 Å². The van der Waals surface area contributed by atoms with Crippen LogP contribution in [-0.2, 0) is 0 Å². The lowest BCUT2D eigenvalue weighted by Crippen LogP contribution is -2.01. The molecule has 0 aliphatic carbocycles. The van der Waals surface area contributed by atoms with Crippen LogP contribution in [0.1, 0.15) is 22.1 Å². The van der Waals surface area contributed by atoms with E-state index in [1.807, 2.05) is 31.2 Å². The number of methoxy groups -OCH3 is 2. The van der Waals surface area contributed by atoms with Gasteiger partial charge in [-0.25, -0.2) is 0 Å². The van der Waals surface area contributed by atoms with E-state index in [0.29, 0.717) is 16.5 Å². The summed E-state index contributed by atoms with van der Waals surface area (Å²) < 4.78 is 11.6. The third-order valence-electron chi connectivity index (χ3n) is 3.29. The first-order valence-corrected chi connectivity index (χ1v) is 7.90. The quantitative estimate of drug-likeness (QED) is 0.619.